The van der Waals surface area contributed by atoms with E-state index < -0.39 is 12.7 Å². The number of rotatable bonds is 2. The lowest BCUT2D eigenvalue weighted by molar-refractivity contribution is -0.136. The molecule has 0 aromatic rings. The van der Waals surface area contributed by atoms with Crippen LogP contribution in [-0.2, 0) is 0 Å². The molecule has 6 heteroatoms. The molecule has 0 radical (unpaired) electrons. The van der Waals surface area contributed by atoms with Crippen LogP contribution in [-0.4, -0.2) is 55.9 Å². The Balaban J connectivity index is 2.16. The Labute approximate surface area is 75.5 Å². The molecule has 13 heavy (non-hydrogen) atoms. The summed E-state index contributed by atoms with van der Waals surface area (Å²) >= 11 is 0. The fourth-order valence-electron chi connectivity index (χ4n) is 1.17. The zero-order valence-corrected chi connectivity index (χ0v) is 7.56. The van der Waals surface area contributed by atoms with E-state index in [1.807, 2.05) is 7.05 Å². The molecule has 1 aliphatic heterocycles. The van der Waals surface area contributed by atoms with Gasteiger partial charge in [-0.25, -0.2) is 10.4 Å². The van der Waals surface area contributed by atoms with Crippen molar-refractivity contribution in [3.05, 3.63) is 0 Å². The molecule has 1 N–H and O–H groups in total. The standard InChI is InChI=1S/C7H14F3N3/c1-12-2-4-13(5-3-12)11-6-7(8,9)10/h11H,2-6H2,1H3. The van der Waals surface area contributed by atoms with Crippen LogP contribution in [0.2, 0.25) is 0 Å². The fraction of sp³-hybridized carbons (Fsp3) is 1.00. The van der Waals surface area contributed by atoms with Crippen molar-refractivity contribution in [1.82, 2.24) is 15.3 Å². The Morgan fingerprint density at radius 3 is 2.15 bits per heavy atom. The van der Waals surface area contributed by atoms with Gasteiger partial charge in [-0.3, -0.25) is 0 Å². The third kappa shape index (κ3) is 4.44. The Kier molecular flexibility index (Phi) is 3.52. The molecule has 0 aromatic carbocycles. The summed E-state index contributed by atoms with van der Waals surface area (Å²) in [6.45, 7) is 1.98. The maximum absolute atomic E-state index is 11.8. The quantitative estimate of drug-likeness (QED) is 0.687. The number of alkyl halides is 3. The van der Waals surface area contributed by atoms with Gasteiger partial charge in [-0.15, -0.1) is 0 Å². The van der Waals surface area contributed by atoms with Crippen molar-refractivity contribution >= 4 is 0 Å². The van der Waals surface area contributed by atoms with Crippen molar-refractivity contribution in [3.63, 3.8) is 0 Å². The van der Waals surface area contributed by atoms with Gasteiger partial charge in [0, 0.05) is 26.2 Å². The molecule has 0 aromatic heterocycles. The lowest BCUT2D eigenvalue weighted by atomic mass is 10.4. The highest BCUT2D eigenvalue weighted by Crippen LogP contribution is 2.12. The van der Waals surface area contributed by atoms with E-state index in [2.05, 4.69) is 10.3 Å². The van der Waals surface area contributed by atoms with Crippen LogP contribution >= 0.6 is 0 Å². The molecule has 0 amide bonds. The van der Waals surface area contributed by atoms with Crippen molar-refractivity contribution in [3.8, 4) is 0 Å². The van der Waals surface area contributed by atoms with Gasteiger partial charge in [-0.2, -0.15) is 13.2 Å². The summed E-state index contributed by atoms with van der Waals surface area (Å²) in [5.41, 5.74) is 2.36. The number of piperazine rings is 1. The van der Waals surface area contributed by atoms with Crippen LogP contribution in [0.5, 0.6) is 0 Å². The van der Waals surface area contributed by atoms with Crippen molar-refractivity contribution in [2.24, 2.45) is 0 Å². The van der Waals surface area contributed by atoms with Gasteiger partial charge in [0.2, 0.25) is 0 Å². The van der Waals surface area contributed by atoms with E-state index in [0.29, 0.717) is 13.1 Å². The maximum Gasteiger partial charge on any atom is 0.402 e. The second kappa shape index (κ2) is 4.26. The van der Waals surface area contributed by atoms with Crippen LogP contribution in [0.15, 0.2) is 0 Å². The van der Waals surface area contributed by atoms with Gasteiger partial charge < -0.3 is 4.90 Å². The predicted octanol–water partition coefficient (Wildman–Crippen LogP) is 0.301. The minimum Gasteiger partial charge on any atom is -0.304 e. The molecule has 1 heterocycles. The number of hydrogen-bond donors (Lipinski definition) is 1. The van der Waals surface area contributed by atoms with Gasteiger partial charge in [0.15, 0.2) is 0 Å². The molecular weight excluding hydrogens is 183 g/mol. The van der Waals surface area contributed by atoms with Crippen LogP contribution in [0.1, 0.15) is 0 Å². The van der Waals surface area contributed by atoms with E-state index in [-0.39, 0.29) is 0 Å². The van der Waals surface area contributed by atoms with Gasteiger partial charge in [-0.1, -0.05) is 0 Å². The van der Waals surface area contributed by atoms with E-state index in [9.17, 15) is 13.2 Å². The molecule has 0 spiro atoms. The first kappa shape index (κ1) is 10.7. The van der Waals surface area contributed by atoms with Crippen LogP contribution in [0.25, 0.3) is 0 Å². The van der Waals surface area contributed by atoms with E-state index in [4.69, 9.17) is 0 Å². The lowest BCUT2D eigenvalue weighted by Crippen LogP contribution is -2.52. The summed E-state index contributed by atoms with van der Waals surface area (Å²) in [7, 11) is 1.96. The SMILES string of the molecule is CN1CCN(NCC(F)(F)F)CC1. The number of hydrazine groups is 1. The monoisotopic (exact) mass is 197 g/mol. The Morgan fingerprint density at radius 2 is 1.69 bits per heavy atom. The van der Waals surface area contributed by atoms with Gasteiger partial charge in [0.1, 0.15) is 6.54 Å². The first-order valence-electron chi connectivity index (χ1n) is 4.21. The van der Waals surface area contributed by atoms with Gasteiger partial charge in [0.25, 0.3) is 0 Å². The Hall–Kier alpha value is -0.330. The Morgan fingerprint density at radius 1 is 1.15 bits per heavy atom. The molecule has 0 bridgehead atoms. The van der Waals surface area contributed by atoms with Crippen LogP contribution < -0.4 is 5.43 Å². The third-order valence-corrected chi connectivity index (χ3v) is 2.01. The summed E-state index contributed by atoms with van der Waals surface area (Å²) in [5.74, 6) is 0. The normalized spacial score (nSPS) is 22.2. The van der Waals surface area contributed by atoms with Gasteiger partial charge >= 0.3 is 6.18 Å². The first-order chi connectivity index (χ1) is 5.97. The number of nitrogens with one attached hydrogen (secondary N) is 1. The molecule has 0 atom stereocenters. The second-order valence-corrected chi connectivity index (χ2v) is 3.24. The first-order valence-corrected chi connectivity index (χ1v) is 4.21. The number of nitrogens with zero attached hydrogens (tertiary/aromatic N) is 2. The van der Waals surface area contributed by atoms with Crippen LogP contribution in [0.4, 0.5) is 13.2 Å². The second-order valence-electron chi connectivity index (χ2n) is 3.24. The number of hydrogen-bond acceptors (Lipinski definition) is 3. The van der Waals surface area contributed by atoms with Crippen molar-refractivity contribution in [2.75, 3.05) is 39.8 Å². The third-order valence-electron chi connectivity index (χ3n) is 2.01. The van der Waals surface area contributed by atoms with E-state index in [0.717, 1.165) is 13.1 Å². The topological polar surface area (TPSA) is 18.5 Å². The largest absolute Gasteiger partial charge is 0.402 e. The molecule has 1 fully saturated rings. The fourth-order valence-corrected chi connectivity index (χ4v) is 1.17. The minimum absolute atomic E-state index is 0.645. The highest BCUT2D eigenvalue weighted by Gasteiger charge is 2.28. The minimum atomic E-state index is -4.12. The summed E-state index contributed by atoms with van der Waals surface area (Å²) < 4.78 is 35.4. The average Bonchev–Trinajstić information content (AvgIpc) is 2.02. The lowest BCUT2D eigenvalue weighted by Gasteiger charge is -2.32. The smallest absolute Gasteiger partial charge is 0.304 e. The molecular formula is C7H14F3N3. The number of halogens is 3. The summed E-state index contributed by atoms with van der Waals surface area (Å²) in [4.78, 5) is 2.09. The highest BCUT2D eigenvalue weighted by atomic mass is 19.4. The maximum atomic E-state index is 11.8. The zero-order valence-electron chi connectivity index (χ0n) is 7.56. The van der Waals surface area contributed by atoms with E-state index >= 15 is 0 Å². The van der Waals surface area contributed by atoms with E-state index in [1.165, 1.54) is 0 Å². The summed E-state index contributed by atoms with van der Waals surface area (Å²) in [6.07, 6.45) is -4.12. The molecule has 1 saturated heterocycles. The van der Waals surface area contributed by atoms with Gasteiger partial charge in [0.05, 0.1) is 0 Å². The highest BCUT2D eigenvalue weighted by molar-refractivity contribution is 4.67. The molecule has 0 aliphatic carbocycles. The molecule has 3 nitrogen and oxygen atoms in total. The zero-order chi connectivity index (χ0) is 9.90. The van der Waals surface area contributed by atoms with E-state index in [1.54, 1.807) is 5.01 Å². The van der Waals surface area contributed by atoms with Crippen molar-refractivity contribution in [2.45, 2.75) is 6.18 Å². The van der Waals surface area contributed by atoms with Gasteiger partial charge in [-0.05, 0) is 7.05 Å². The Bertz CT molecular complexity index is 152. The van der Waals surface area contributed by atoms with Crippen LogP contribution in [0, 0.1) is 0 Å². The summed E-state index contributed by atoms with van der Waals surface area (Å²) in [6, 6.07) is 0. The molecule has 0 unspecified atom stereocenters. The summed E-state index contributed by atoms with van der Waals surface area (Å²) in [5, 5.41) is 1.62. The van der Waals surface area contributed by atoms with Crippen LogP contribution in [0.3, 0.4) is 0 Å². The predicted molar refractivity (Wildman–Crippen MR) is 43.1 cm³/mol. The molecule has 1 aliphatic rings. The molecule has 1 rings (SSSR count). The van der Waals surface area contributed by atoms with Crippen molar-refractivity contribution in [1.29, 1.82) is 0 Å². The molecule has 78 valence electrons. The molecule has 0 saturated carbocycles. The number of likely N-dealkylation sites (N-methyl/N-ethyl adjacent to an activating group) is 1. The van der Waals surface area contributed by atoms with Crippen molar-refractivity contribution < 1.29 is 13.2 Å². The average molecular weight is 197 g/mol.